The van der Waals surface area contributed by atoms with Gasteiger partial charge in [-0.3, -0.25) is 0 Å². The first-order valence-corrected chi connectivity index (χ1v) is 11.1. The molecule has 3 atom stereocenters. The summed E-state index contributed by atoms with van der Waals surface area (Å²) >= 11 is 0. The largest absolute Gasteiger partial charge is 0.483 e. The van der Waals surface area contributed by atoms with E-state index in [1.54, 1.807) is 10.7 Å². The van der Waals surface area contributed by atoms with Gasteiger partial charge in [-0.05, 0) is 32.3 Å². The number of rotatable bonds is 0. The van der Waals surface area contributed by atoms with Crippen LogP contribution in [0.5, 0.6) is 11.6 Å². The number of ether oxygens (including phenoxy) is 2. The maximum atomic E-state index is 14.2. The molecule has 1 fully saturated rings. The van der Waals surface area contributed by atoms with Crippen molar-refractivity contribution in [2.75, 3.05) is 11.5 Å². The number of hydrogen-bond acceptors (Lipinski definition) is 7. The van der Waals surface area contributed by atoms with Gasteiger partial charge in [-0.15, -0.1) is 0 Å². The highest BCUT2D eigenvalue weighted by molar-refractivity contribution is 5.75. The van der Waals surface area contributed by atoms with E-state index in [1.807, 2.05) is 6.20 Å². The van der Waals surface area contributed by atoms with Crippen molar-refractivity contribution >= 4 is 17.2 Å². The molecule has 0 aromatic carbocycles. The number of halogens is 1. The van der Waals surface area contributed by atoms with Crippen LogP contribution in [0.25, 0.3) is 11.3 Å². The van der Waals surface area contributed by atoms with Crippen molar-refractivity contribution in [1.82, 2.24) is 24.9 Å². The molecular weight excluding hydrogens is 411 g/mol. The SMILES string of the molecule is C=C1N[C@H](C)CCOc2ncc(F)cc2CN2c3nc4c1cnn4cc3O[C@H]1CCC[C@H]12. The summed E-state index contributed by atoms with van der Waals surface area (Å²) in [5, 5.41) is 7.91. The molecule has 6 rings (SSSR count). The number of nitrogens with zero attached hydrogens (tertiary/aromatic N) is 5. The van der Waals surface area contributed by atoms with Gasteiger partial charge in [0.15, 0.2) is 17.2 Å². The van der Waals surface area contributed by atoms with Gasteiger partial charge in [0.2, 0.25) is 5.88 Å². The summed E-state index contributed by atoms with van der Waals surface area (Å²) in [6, 6.07) is 1.79. The topological polar surface area (TPSA) is 76.8 Å². The van der Waals surface area contributed by atoms with Crippen LogP contribution in [0.4, 0.5) is 10.2 Å². The molecule has 3 aromatic heterocycles. The number of nitrogens with one attached hydrogen (secondary N) is 1. The minimum Gasteiger partial charge on any atom is -0.483 e. The van der Waals surface area contributed by atoms with Gasteiger partial charge in [0.05, 0.1) is 43.3 Å². The summed E-state index contributed by atoms with van der Waals surface area (Å²) in [6.07, 6.45) is 8.72. The molecule has 0 radical (unpaired) electrons. The van der Waals surface area contributed by atoms with Crippen LogP contribution < -0.4 is 19.7 Å². The summed E-state index contributed by atoms with van der Waals surface area (Å²) in [7, 11) is 0. The highest BCUT2D eigenvalue weighted by Gasteiger charge is 2.41. The second kappa shape index (κ2) is 7.36. The predicted octanol–water partition coefficient (Wildman–Crippen LogP) is 3.31. The van der Waals surface area contributed by atoms with Crippen molar-refractivity contribution in [2.45, 2.75) is 57.3 Å². The fraction of sp³-hybridized carbons (Fsp3) is 0.435. The van der Waals surface area contributed by atoms with E-state index >= 15 is 0 Å². The van der Waals surface area contributed by atoms with Gasteiger partial charge in [-0.1, -0.05) is 6.58 Å². The Kier molecular flexibility index (Phi) is 4.44. The average Bonchev–Trinajstić information content (AvgIpc) is 3.39. The van der Waals surface area contributed by atoms with Gasteiger partial charge in [0.25, 0.3) is 0 Å². The molecule has 1 saturated carbocycles. The lowest BCUT2D eigenvalue weighted by molar-refractivity contribution is 0.168. The van der Waals surface area contributed by atoms with E-state index in [9.17, 15) is 4.39 Å². The second-order valence-electron chi connectivity index (χ2n) is 8.82. The van der Waals surface area contributed by atoms with E-state index in [0.29, 0.717) is 36.0 Å². The van der Waals surface area contributed by atoms with Crippen LogP contribution in [0.3, 0.4) is 0 Å². The number of anilines is 1. The van der Waals surface area contributed by atoms with E-state index < -0.39 is 0 Å². The lowest BCUT2D eigenvalue weighted by atomic mass is 10.1. The van der Waals surface area contributed by atoms with E-state index in [2.05, 4.69) is 33.8 Å². The van der Waals surface area contributed by atoms with Crippen LogP contribution >= 0.6 is 0 Å². The standard InChI is InChI=1S/C23H25FN6O2/c1-13-6-7-31-23-15(8-16(24)9-25-23)11-29-18-4-3-5-19(18)32-20-12-30-21(28-22(20)29)17(10-26-30)14(2)27-13/h8-10,12-13,18-19,27H,2-7,11H2,1H3/t13-,18-,19+/m1/s1. The molecule has 166 valence electrons. The molecule has 0 unspecified atom stereocenters. The van der Waals surface area contributed by atoms with Gasteiger partial charge in [-0.2, -0.15) is 5.10 Å². The molecule has 0 amide bonds. The third-order valence-corrected chi connectivity index (χ3v) is 6.58. The van der Waals surface area contributed by atoms with E-state index in [0.717, 1.165) is 42.8 Å². The second-order valence-corrected chi connectivity index (χ2v) is 8.82. The highest BCUT2D eigenvalue weighted by Crippen LogP contribution is 2.42. The minimum absolute atomic E-state index is 0.0686. The first kappa shape index (κ1) is 19.3. The Morgan fingerprint density at radius 2 is 2.16 bits per heavy atom. The predicted molar refractivity (Wildman–Crippen MR) is 117 cm³/mol. The molecule has 1 N–H and O–H groups in total. The fourth-order valence-corrected chi connectivity index (χ4v) is 4.98. The van der Waals surface area contributed by atoms with Crippen LogP contribution in [-0.4, -0.2) is 44.4 Å². The fourth-order valence-electron chi connectivity index (χ4n) is 4.98. The van der Waals surface area contributed by atoms with Crippen LogP contribution in [0.1, 0.15) is 43.7 Å². The minimum atomic E-state index is -0.377. The zero-order valence-electron chi connectivity index (χ0n) is 17.9. The van der Waals surface area contributed by atoms with E-state index in [-0.39, 0.29) is 24.0 Å². The first-order valence-electron chi connectivity index (χ1n) is 11.1. The van der Waals surface area contributed by atoms with Gasteiger partial charge in [0, 0.05) is 23.7 Å². The number of fused-ring (bicyclic) bond motifs is 3. The molecule has 3 aromatic rings. The van der Waals surface area contributed by atoms with Crippen molar-refractivity contribution in [3.05, 3.63) is 48.2 Å². The molecule has 32 heavy (non-hydrogen) atoms. The molecule has 1 aliphatic carbocycles. The van der Waals surface area contributed by atoms with Gasteiger partial charge >= 0.3 is 0 Å². The molecule has 8 nitrogen and oxygen atoms in total. The molecule has 2 aliphatic heterocycles. The monoisotopic (exact) mass is 436 g/mol. The quantitative estimate of drug-likeness (QED) is 0.579. The van der Waals surface area contributed by atoms with Crippen molar-refractivity contribution < 1.29 is 13.9 Å². The highest BCUT2D eigenvalue weighted by atomic mass is 19.1. The van der Waals surface area contributed by atoms with Crippen molar-refractivity contribution in [2.24, 2.45) is 0 Å². The maximum Gasteiger partial charge on any atom is 0.218 e. The van der Waals surface area contributed by atoms with Crippen LogP contribution in [0.2, 0.25) is 0 Å². The Labute approximate surface area is 185 Å². The summed E-state index contributed by atoms with van der Waals surface area (Å²) in [5.74, 6) is 1.50. The van der Waals surface area contributed by atoms with Crippen molar-refractivity contribution in [3.63, 3.8) is 0 Å². The summed E-state index contributed by atoms with van der Waals surface area (Å²) in [6.45, 7) is 7.18. The first-order chi connectivity index (χ1) is 15.6. The van der Waals surface area contributed by atoms with Crippen LogP contribution in [0.15, 0.2) is 31.2 Å². The molecule has 0 saturated heterocycles. The normalized spacial score (nSPS) is 24.9. The van der Waals surface area contributed by atoms with Crippen molar-refractivity contribution in [3.8, 4) is 11.6 Å². The van der Waals surface area contributed by atoms with Gasteiger partial charge in [0.1, 0.15) is 11.9 Å². The molecule has 2 bridgehead atoms. The Morgan fingerprint density at radius 3 is 3.06 bits per heavy atom. The van der Waals surface area contributed by atoms with Gasteiger partial charge < -0.3 is 19.7 Å². The van der Waals surface area contributed by atoms with Gasteiger partial charge in [-0.25, -0.2) is 18.9 Å². The van der Waals surface area contributed by atoms with Crippen molar-refractivity contribution in [1.29, 1.82) is 0 Å². The maximum absolute atomic E-state index is 14.2. The molecule has 3 aliphatic rings. The summed E-state index contributed by atoms with van der Waals surface area (Å²) < 4.78 is 28.3. The van der Waals surface area contributed by atoms with Crippen LogP contribution in [0, 0.1) is 5.82 Å². The zero-order chi connectivity index (χ0) is 21.8. The van der Waals surface area contributed by atoms with E-state index in [4.69, 9.17) is 14.5 Å². The summed E-state index contributed by atoms with van der Waals surface area (Å²) in [4.78, 5) is 11.5. The van der Waals surface area contributed by atoms with Crippen LogP contribution in [-0.2, 0) is 6.54 Å². The Balaban J connectivity index is 1.53. The third-order valence-electron chi connectivity index (χ3n) is 6.58. The Morgan fingerprint density at radius 1 is 1.25 bits per heavy atom. The Bertz CT molecular complexity index is 1210. The molecule has 5 heterocycles. The number of hydrogen-bond donors (Lipinski definition) is 1. The number of aromatic nitrogens is 4. The lowest BCUT2D eigenvalue weighted by Gasteiger charge is -2.39. The molecule has 0 spiro atoms. The molecular formula is C23H25FN6O2. The smallest absolute Gasteiger partial charge is 0.218 e. The third kappa shape index (κ3) is 3.14. The van der Waals surface area contributed by atoms with E-state index in [1.165, 1.54) is 12.3 Å². The lowest BCUT2D eigenvalue weighted by Crippen LogP contribution is -2.47. The Hall–Kier alpha value is -3.36. The molecule has 9 heteroatoms. The average molecular weight is 436 g/mol. The zero-order valence-corrected chi connectivity index (χ0v) is 17.9. The number of pyridine rings is 1. The summed E-state index contributed by atoms with van der Waals surface area (Å²) in [5.41, 5.74) is 3.03.